The number of ether oxygens (including phenoxy) is 2. The molecule has 0 atom stereocenters. The fourth-order valence-corrected chi connectivity index (χ4v) is 10.8. The third-order valence-electron chi connectivity index (χ3n) is 13.6. The van der Waals surface area contributed by atoms with Crippen molar-refractivity contribution in [3.8, 4) is 39.5 Å². The molecule has 10 aromatic rings. The summed E-state index contributed by atoms with van der Waals surface area (Å²) in [4.78, 5) is 4.68. The lowest BCUT2D eigenvalue weighted by Crippen LogP contribution is -2.51. The quantitative estimate of drug-likeness (QED) is 0.112. The van der Waals surface area contributed by atoms with Gasteiger partial charge >= 0.3 is 0 Å². The van der Waals surface area contributed by atoms with E-state index in [0.29, 0.717) is 0 Å². The number of fused-ring (bicyclic) bond motifs is 5. The molecule has 10 aromatic carbocycles. The van der Waals surface area contributed by atoms with Crippen molar-refractivity contribution >= 4 is 67.6 Å². The first-order valence-corrected chi connectivity index (χ1v) is 23.2. The highest BCUT2D eigenvalue weighted by molar-refractivity contribution is 6.93. The Kier molecular flexibility index (Phi) is 9.38. The van der Waals surface area contributed by atoms with Crippen molar-refractivity contribution in [2.75, 3.05) is 9.80 Å². The van der Waals surface area contributed by atoms with Crippen molar-refractivity contribution < 1.29 is 9.47 Å². The molecule has 0 spiro atoms. The Bertz CT molecular complexity index is 3440. The zero-order valence-corrected chi connectivity index (χ0v) is 36.7. The molecule has 0 aromatic heterocycles. The van der Waals surface area contributed by atoms with Crippen molar-refractivity contribution in [3.63, 3.8) is 0 Å². The molecule has 0 bridgehead atoms. The number of para-hydroxylation sites is 4. The fraction of sp³-hybridized carbons (Fsp3) is 0.0323. The Morgan fingerprint density at radius 1 is 0.358 bits per heavy atom. The highest BCUT2D eigenvalue weighted by Gasteiger charge is 2.43. The monoisotopic (exact) mass is 858 g/mol. The Morgan fingerprint density at radius 2 is 0.806 bits per heavy atom. The zero-order valence-electron chi connectivity index (χ0n) is 36.7. The number of hydrogen-bond acceptors (Lipinski definition) is 4. The molecule has 2 heterocycles. The summed E-state index contributed by atoms with van der Waals surface area (Å²) in [6.07, 6.45) is 3.98. The number of allylic oxidation sites excluding steroid dienone is 3. The van der Waals surface area contributed by atoms with Gasteiger partial charge in [-0.2, -0.15) is 0 Å². The predicted octanol–water partition coefficient (Wildman–Crippen LogP) is 15.2. The van der Waals surface area contributed by atoms with Crippen LogP contribution >= 0.6 is 0 Å². The Hall–Kier alpha value is -8.54. The molecule has 0 amide bonds. The van der Waals surface area contributed by atoms with Crippen LogP contribution in [0.5, 0.6) is 17.2 Å². The first-order valence-electron chi connectivity index (χ1n) is 23.2. The molecule has 0 N–H and O–H groups in total. The van der Waals surface area contributed by atoms with Crippen molar-refractivity contribution in [1.82, 2.24) is 0 Å². The Labute approximate surface area is 391 Å². The first kappa shape index (κ1) is 38.9. The molecule has 1 aliphatic carbocycles. The summed E-state index contributed by atoms with van der Waals surface area (Å²) >= 11 is 0. The van der Waals surface area contributed by atoms with E-state index in [-0.39, 0.29) is 6.71 Å². The van der Waals surface area contributed by atoms with Gasteiger partial charge in [0.05, 0.1) is 0 Å². The van der Waals surface area contributed by atoms with Gasteiger partial charge < -0.3 is 19.3 Å². The second-order valence-corrected chi connectivity index (χ2v) is 17.5. The summed E-state index contributed by atoms with van der Waals surface area (Å²) in [6, 6.07) is 82.2. The number of nitrogens with zero attached hydrogens (tertiary/aromatic N) is 2. The second kappa shape index (κ2) is 16.2. The van der Waals surface area contributed by atoms with Gasteiger partial charge in [0, 0.05) is 45.7 Å². The maximum atomic E-state index is 7.30. The molecular weight excluding hydrogens is 816 g/mol. The maximum absolute atomic E-state index is 7.30. The van der Waals surface area contributed by atoms with E-state index in [2.05, 4.69) is 246 Å². The zero-order chi connectivity index (χ0) is 44.3. The maximum Gasteiger partial charge on any atom is 0.256 e. The number of hydrogen-bond donors (Lipinski definition) is 0. The van der Waals surface area contributed by atoms with Crippen LogP contribution in [0, 0.1) is 0 Å². The Balaban J connectivity index is 1.03. The second-order valence-electron chi connectivity index (χ2n) is 17.5. The minimum atomic E-state index is -0.0591. The van der Waals surface area contributed by atoms with Crippen LogP contribution in [0.3, 0.4) is 0 Å². The van der Waals surface area contributed by atoms with E-state index in [1.54, 1.807) is 0 Å². The lowest BCUT2D eigenvalue weighted by molar-refractivity contribution is 0.426. The SMILES string of the molecule is C1=C(N(c2ccccc2)c2ccccc2)CCC2=C1Oc1cc(-c3c4ccccc4c(-c4ccccc4)c4ccccc34)cc3c1B2c1ccc(N(c2ccccc2)c2ccccc2)cc1O3. The van der Waals surface area contributed by atoms with E-state index in [0.717, 1.165) is 86.3 Å². The lowest BCUT2D eigenvalue weighted by atomic mass is 9.33. The molecule has 67 heavy (non-hydrogen) atoms. The summed E-state index contributed by atoms with van der Waals surface area (Å²) in [5.74, 6) is 3.40. The molecule has 0 fully saturated rings. The molecule has 5 heteroatoms. The molecule has 13 rings (SSSR count). The van der Waals surface area contributed by atoms with Gasteiger partial charge in [-0.1, -0.05) is 158 Å². The highest BCUT2D eigenvalue weighted by atomic mass is 16.5. The average Bonchev–Trinajstić information content (AvgIpc) is 3.39. The molecule has 0 radical (unpaired) electrons. The number of anilines is 5. The molecule has 0 saturated carbocycles. The highest BCUT2D eigenvalue weighted by Crippen LogP contribution is 2.48. The van der Waals surface area contributed by atoms with E-state index in [4.69, 9.17) is 9.47 Å². The summed E-state index contributed by atoms with van der Waals surface area (Å²) < 4.78 is 14.6. The summed E-state index contributed by atoms with van der Waals surface area (Å²) in [7, 11) is 0. The smallest absolute Gasteiger partial charge is 0.256 e. The van der Waals surface area contributed by atoms with Crippen molar-refractivity contribution in [2.24, 2.45) is 0 Å². The van der Waals surface area contributed by atoms with E-state index in [1.807, 2.05) is 0 Å². The largest absolute Gasteiger partial charge is 0.459 e. The van der Waals surface area contributed by atoms with Gasteiger partial charge in [0.25, 0.3) is 6.71 Å². The molecule has 2 aliphatic heterocycles. The van der Waals surface area contributed by atoms with Crippen LogP contribution < -0.4 is 30.2 Å². The van der Waals surface area contributed by atoms with Crippen molar-refractivity contribution in [3.05, 3.63) is 254 Å². The van der Waals surface area contributed by atoms with E-state index < -0.39 is 0 Å². The topological polar surface area (TPSA) is 24.9 Å². The molecule has 0 unspecified atom stereocenters. The van der Waals surface area contributed by atoms with Gasteiger partial charge in [0.2, 0.25) is 0 Å². The minimum absolute atomic E-state index is 0.0591. The van der Waals surface area contributed by atoms with Gasteiger partial charge in [-0.05, 0) is 140 Å². The Morgan fingerprint density at radius 3 is 1.33 bits per heavy atom. The van der Waals surface area contributed by atoms with Gasteiger partial charge in [-0.15, -0.1) is 0 Å². The van der Waals surface area contributed by atoms with Crippen molar-refractivity contribution in [2.45, 2.75) is 12.8 Å². The summed E-state index contributed by atoms with van der Waals surface area (Å²) in [5, 5.41) is 4.77. The lowest BCUT2D eigenvalue weighted by Gasteiger charge is -2.38. The van der Waals surface area contributed by atoms with Gasteiger partial charge in [-0.25, -0.2) is 0 Å². The molecule has 0 saturated heterocycles. The molecule has 3 aliphatic rings. The number of rotatable bonds is 8. The van der Waals surface area contributed by atoms with E-state index >= 15 is 0 Å². The van der Waals surface area contributed by atoms with Gasteiger partial charge in [-0.3, -0.25) is 0 Å². The summed E-state index contributed by atoms with van der Waals surface area (Å²) in [6.45, 7) is -0.0591. The third kappa shape index (κ3) is 6.62. The predicted molar refractivity (Wildman–Crippen MR) is 279 cm³/mol. The molecular formula is C62H43BN2O2. The van der Waals surface area contributed by atoms with Crippen LogP contribution in [0.25, 0.3) is 43.8 Å². The third-order valence-corrected chi connectivity index (χ3v) is 13.6. The van der Waals surface area contributed by atoms with Crippen molar-refractivity contribution in [1.29, 1.82) is 0 Å². The summed E-state index contributed by atoms with van der Waals surface area (Å²) in [5.41, 5.74) is 14.8. The molecule has 4 nitrogen and oxygen atoms in total. The van der Waals surface area contributed by atoms with Crippen LogP contribution in [0.1, 0.15) is 12.8 Å². The number of benzene rings is 10. The van der Waals surface area contributed by atoms with Gasteiger partial charge in [0.1, 0.15) is 23.0 Å². The van der Waals surface area contributed by atoms with E-state index in [9.17, 15) is 0 Å². The standard InChI is InChI=1S/C62H43BN2O2/c1-6-20-42(21-7-1)60-50-30-16-18-32-52(50)61(53-33-19-17-31-51(53)60)43-38-58-62-59(39-43)67-57-41-49(65(46-26-12-4-13-27-46)47-28-14-5-15-29-47)35-37-55(57)63(62)54-36-34-48(40-56(54)66-58)64(44-22-8-2-9-23-44)45-24-10-3-11-25-45/h1-34,36,38-41H,35,37H2. The normalized spacial score (nSPS) is 13.5. The van der Waals surface area contributed by atoms with E-state index in [1.165, 1.54) is 43.8 Å². The first-order chi connectivity index (χ1) is 33.2. The van der Waals surface area contributed by atoms with Gasteiger partial charge in [0.15, 0.2) is 0 Å². The van der Waals surface area contributed by atoms with Crippen LogP contribution in [0.4, 0.5) is 28.4 Å². The minimum Gasteiger partial charge on any atom is -0.459 e. The van der Waals surface area contributed by atoms with Crippen LogP contribution in [-0.2, 0) is 0 Å². The fourth-order valence-electron chi connectivity index (χ4n) is 10.8. The molecule has 316 valence electrons. The van der Waals surface area contributed by atoms with Crippen LogP contribution in [0.2, 0.25) is 0 Å². The van der Waals surface area contributed by atoms with Crippen LogP contribution in [0.15, 0.2) is 254 Å². The van der Waals surface area contributed by atoms with Crippen LogP contribution in [-0.4, -0.2) is 6.71 Å². The average molecular weight is 859 g/mol.